The summed E-state index contributed by atoms with van der Waals surface area (Å²) in [6, 6.07) is 10.6. The number of rotatable bonds is 5. The second-order valence-corrected chi connectivity index (χ2v) is 7.68. The summed E-state index contributed by atoms with van der Waals surface area (Å²) < 4.78 is 27.3. The molecule has 0 amide bonds. The monoisotopic (exact) mass is 345 g/mol. The Morgan fingerprint density at radius 1 is 1.09 bits per heavy atom. The molecule has 3 aromatic rings. The van der Waals surface area contributed by atoms with E-state index in [4.69, 9.17) is 0 Å². The van der Waals surface area contributed by atoms with Crippen LogP contribution in [0.1, 0.15) is 11.3 Å². The molecule has 118 valence electrons. The number of aromatic nitrogens is 2. The number of hydrogen-bond donors (Lipinski definition) is 1. The third-order valence-corrected chi connectivity index (χ3v) is 5.58. The predicted molar refractivity (Wildman–Crippen MR) is 90.5 cm³/mol. The van der Waals surface area contributed by atoms with Gasteiger partial charge in [0.1, 0.15) is 5.69 Å². The van der Waals surface area contributed by atoms with Crippen LogP contribution in [0.5, 0.6) is 0 Å². The SMILES string of the molecule is Cc1ccc(S(=O)(=O)NCc2nccnc2-c2cccs2)cc1. The van der Waals surface area contributed by atoms with Crippen LogP contribution in [0, 0.1) is 6.92 Å². The Kier molecular flexibility index (Phi) is 4.51. The van der Waals surface area contributed by atoms with Gasteiger partial charge in [-0.3, -0.25) is 9.97 Å². The van der Waals surface area contributed by atoms with Crippen LogP contribution in [0.15, 0.2) is 59.1 Å². The standard InChI is InChI=1S/C16H15N3O2S2/c1-12-4-6-13(7-5-12)23(20,21)19-11-14-16(18-9-8-17-14)15-3-2-10-22-15/h2-10,19H,11H2,1H3. The molecule has 0 aliphatic heterocycles. The van der Waals surface area contributed by atoms with Gasteiger partial charge in [-0.25, -0.2) is 13.1 Å². The van der Waals surface area contributed by atoms with E-state index in [-0.39, 0.29) is 11.4 Å². The average Bonchev–Trinajstić information content (AvgIpc) is 3.08. The van der Waals surface area contributed by atoms with Crippen LogP contribution in [0.4, 0.5) is 0 Å². The molecule has 7 heteroatoms. The molecular weight excluding hydrogens is 330 g/mol. The van der Waals surface area contributed by atoms with E-state index in [1.807, 2.05) is 24.4 Å². The fraction of sp³-hybridized carbons (Fsp3) is 0.125. The third kappa shape index (κ3) is 3.64. The molecule has 0 atom stereocenters. The Hall–Kier alpha value is -2.09. The van der Waals surface area contributed by atoms with Gasteiger partial charge in [0.15, 0.2) is 0 Å². The number of aryl methyl sites for hydroxylation is 1. The van der Waals surface area contributed by atoms with E-state index >= 15 is 0 Å². The average molecular weight is 345 g/mol. The molecule has 2 aromatic heterocycles. The van der Waals surface area contributed by atoms with Crippen molar-refractivity contribution in [1.29, 1.82) is 0 Å². The maximum atomic E-state index is 12.4. The van der Waals surface area contributed by atoms with Crippen LogP contribution in [0.3, 0.4) is 0 Å². The van der Waals surface area contributed by atoms with E-state index in [0.29, 0.717) is 11.4 Å². The van der Waals surface area contributed by atoms with Crippen molar-refractivity contribution in [2.45, 2.75) is 18.4 Å². The zero-order valence-electron chi connectivity index (χ0n) is 12.4. The molecule has 0 unspecified atom stereocenters. The summed E-state index contributed by atoms with van der Waals surface area (Å²) in [4.78, 5) is 9.78. The second-order valence-electron chi connectivity index (χ2n) is 4.97. The first-order valence-electron chi connectivity index (χ1n) is 6.96. The highest BCUT2D eigenvalue weighted by molar-refractivity contribution is 7.89. The van der Waals surface area contributed by atoms with E-state index in [1.165, 1.54) is 0 Å². The number of sulfonamides is 1. The quantitative estimate of drug-likeness (QED) is 0.771. The van der Waals surface area contributed by atoms with E-state index in [9.17, 15) is 8.42 Å². The molecule has 5 nitrogen and oxygen atoms in total. The fourth-order valence-corrected chi connectivity index (χ4v) is 3.81. The van der Waals surface area contributed by atoms with Gasteiger partial charge in [-0.2, -0.15) is 0 Å². The topological polar surface area (TPSA) is 72.0 Å². The lowest BCUT2D eigenvalue weighted by atomic mass is 10.2. The zero-order chi connectivity index (χ0) is 16.3. The molecule has 2 heterocycles. The van der Waals surface area contributed by atoms with E-state index in [0.717, 1.165) is 10.4 Å². The molecule has 0 fully saturated rings. The summed E-state index contributed by atoms with van der Waals surface area (Å²) >= 11 is 1.54. The lowest BCUT2D eigenvalue weighted by Crippen LogP contribution is -2.24. The Bertz CT molecular complexity index is 889. The Labute approximate surface area is 139 Å². The lowest BCUT2D eigenvalue weighted by molar-refractivity contribution is 0.580. The molecule has 0 radical (unpaired) electrons. The highest BCUT2D eigenvalue weighted by atomic mass is 32.2. The maximum Gasteiger partial charge on any atom is 0.240 e. The first-order chi connectivity index (χ1) is 11.1. The molecule has 0 saturated heterocycles. The summed E-state index contributed by atoms with van der Waals surface area (Å²) in [5, 5.41) is 1.95. The van der Waals surface area contributed by atoms with Crippen molar-refractivity contribution >= 4 is 21.4 Å². The molecule has 0 saturated carbocycles. The normalized spacial score (nSPS) is 11.5. The first kappa shape index (κ1) is 15.8. The van der Waals surface area contributed by atoms with Crippen molar-refractivity contribution in [3.8, 4) is 10.6 Å². The van der Waals surface area contributed by atoms with Crippen LogP contribution in [-0.2, 0) is 16.6 Å². The summed E-state index contributed by atoms with van der Waals surface area (Å²) in [5.74, 6) is 0. The smallest absolute Gasteiger partial charge is 0.240 e. The molecule has 23 heavy (non-hydrogen) atoms. The summed E-state index contributed by atoms with van der Waals surface area (Å²) in [6.07, 6.45) is 3.17. The highest BCUT2D eigenvalue weighted by Crippen LogP contribution is 2.24. The van der Waals surface area contributed by atoms with Crippen LogP contribution in [0.25, 0.3) is 10.6 Å². The minimum absolute atomic E-state index is 0.0945. The van der Waals surface area contributed by atoms with Gasteiger partial charge in [-0.1, -0.05) is 23.8 Å². The predicted octanol–water partition coefficient (Wildman–Crippen LogP) is 2.99. The molecule has 1 aromatic carbocycles. The van der Waals surface area contributed by atoms with E-state index in [2.05, 4.69) is 14.7 Å². The molecule has 0 aliphatic carbocycles. The summed E-state index contributed by atoms with van der Waals surface area (Å²) in [6.45, 7) is 2.01. The van der Waals surface area contributed by atoms with Crippen molar-refractivity contribution in [2.24, 2.45) is 0 Å². The van der Waals surface area contributed by atoms with Crippen molar-refractivity contribution in [1.82, 2.24) is 14.7 Å². The van der Waals surface area contributed by atoms with Crippen molar-refractivity contribution in [3.63, 3.8) is 0 Å². The lowest BCUT2D eigenvalue weighted by Gasteiger charge is -2.09. The number of benzene rings is 1. The molecule has 3 rings (SSSR count). The third-order valence-electron chi connectivity index (χ3n) is 3.29. The minimum atomic E-state index is -3.58. The van der Waals surface area contributed by atoms with E-state index < -0.39 is 10.0 Å². The largest absolute Gasteiger partial charge is 0.256 e. The van der Waals surface area contributed by atoms with Gasteiger partial charge in [0.2, 0.25) is 10.0 Å². The minimum Gasteiger partial charge on any atom is -0.256 e. The van der Waals surface area contributed by atoms with Gasteiger partial charge in [0, 0.05) is 12.4 Å². The fourth-order valence-electron chi connectivity index (χ4n) is 2.08. The van der Waals surface area contributed by atoms with Crippen molar-refractivity contribution in [3.05, 3.63) is 65.4 Å². The number of nitrogens with one attached hydrogen (secondary N) is 1. The van der Waals surface area contributed by atoms with E-state index in [1.54, 1.807) is 48.0 Å². The zero-order valence-corrected chi connectivity index (χ0v) is 14.1. The maximum absolute atomic E-state index is 12.4. The first-order valence-corrected chi connectivity index (χ1v) is 9.32. The van der Waals surface area contributed by atoms with Crippen LogP contribution in [0.2, 0.25) is 0 Å². The van der Waals surface area contributed by atoms with Crippen LogP contribution >= 0.6 is 11.3 Å². The Morgan fingerprint density at radius 2 is 1.83 bits per heavy atom. The van der Waals surface area contributed by atoms with Gasteiger partial charge < -0.3 is 0 Å². The van der Waals surface area contributed by atoms with Crippen molar-refractivity contribution < 1.29 is 8.42 Å². The molecular formula is C16H15N3O2S2. The number of hydrogen-bond acceptors (Lipinski definition) is 5. The van der Waals surface area contributed by atoms with Crippen LogP contribution in [-0.4, -0.2) is 18.4 Å². The van der Waals surface area contributed by atoms with Crippen LogP contribution < -0.4 is 4.72 Å². The Morgan fingerprint density at radius 3 is 2.52 bits per heavy atom. The highest BCUT2D eigenvalue weighted by Gasteiger charge is 2.16. The summed E-state index contributed by atoms with van der Waals surface area (Å²) in [7, 11) is -3.58. The summed E-state index contributed by atoms with van der Waals surface area (Å²) in [5.41, 5.74) is 2.32. The molecule has 0 aliphatic rings. The number of thiophene rings is 1. The number of nitrogens with zero attached hydrogens (tertiary/aromatic N) is 2. The Balaban J connectivity index is 1.82. The van der Waals surface area contributed by atoms with Gasteiger partial charge in [-0.15, -0.1) is 11.3 Å². The molecule has 0 bridgehead atoms. The van der Waals surface area contributed by atoms with Gasteiger partial charge in [0.05, 0.1) is 22.0 Å². The second kappa shape index (κ2) is 6.57. The molecule has 0 spiro atoms. The van der Waals surface area contributed by atoms with Gasteiger partial charge in [0.25, 0.3) is 0 Å². The van der Waals surface area contributed by atoms with Crippen molar-refractivity contribution in [2.75, 3.05) is 0 Å². The molecule has 1 N–H and O–H groups in total. The van der Waals surface area contributed by atoms with Gasteiger partial charge >= 0.3 is 0 Å². The van der Waals surface area contributed by atoms with Gasteiger partial charge in [-0.05, 0) is 30.5 Å².